The van der Waals surface area contributed by atoms with Crippen molar-refractivity contribution >= 4 is 45.5 Å². The van der Waals surface area contributed by atoms with Crippen molar-refractivity contribution in [2.45, 2.75) is 57.1 Å². The van der Waals surface area contributed by atoms with Crippen LogP contribution in [0, 0.1) is 6.92 Å². The highest BCUT2D eigenvalue weighted by Crippen LogP contribution is 2.41. The highest BCUT2D eigenvalue weighted by atomic mass is 35.5. The number of hydrogen-bond donors (Lipinski definition) is 1. The summed E-state index contributed by atoms with van der Waals surface area (Å²) in [5.74, 6) is -2.06. The second kappa shape index (κ2) is 11.2. The summed E-state index contributed by atoms with van der Waals surface area (Å²) in [5.41, 5.74) is 0.947. The number of aryl methyl sites for hydroxylation is 1. The van der Waals surface area contributed by atoms with Gasteiger partial charge in [0.2, 0.25) is 11.9 Å². The van der Waals surface area contributed by atoms with Gasteiger partial charge in [-0.1, -0.05) is 29.3 Å². The topological polar surface area (TPSA) is 178 Å². The maximum Gasteiger partial charge on any atom is 0.303 e. The van der Waals surface area contributed by atoms with E-state index in [0.29, 0.717) is 0 Å². The van der Waals surface area contributed by atoms with E-state index < -0.39 is 59.1 Å². The number of imidazole rings is 1. The molecular weight excluding hydrogens is 558 g/mol. The van der Waals surface area contributed by atoms with Crippen LogP contribution in [0.25, 0.3) is 11.5 Å². The summed E-state index contributed by atoms with van der Waals surface area (Å²) in [7, 11) is -4.43. The normalized spacial score (nSPS) is 21.1. The average molecular weight is 582 g/mol. The minimum atomic E-state index is -4.43. The molecule has 0 spiro atoms. The van der Waals surface area contributed by atoms with Crippen molar-refractivity contribution in [3.63, 3.8) is 0 Å². The van der Waals surface area contributed by atoms with Crippen molar-refractivity contribution < 1.29 is 41.2 Å². The number of nitrogens with zero attached hydrogens (tertiary/aromatic N) is 4. The molecule has 16 heteroatoms. The number of halogens is 1. The second-order valence-electron chi connectivity index (χ2n) is 8.59. The third kappa shape index (κ3) is 6.16. The first-order chi connectivity index (χ1) is 18.4. The quantitative estimate of drug-likeness (QED) is 0.232. The van der Waals surface area contributed by atoms with Crippen LogP contribution in [0.4, 0.5) is 5.95 Å². The number of nitrogens with one attached hydrogen (secondary N) is 1. The molecule has 39 heavy (non-hydrogen) atoms. The SMILES string of the molecule is CC(=O)Nc1nc2ncnc-2c(Cl)n1[C@@H]1O[C@H](COC(C)=O)[C@H](OS(=O)(=O)c2ccc(C)cc2)[C@H]1OC(C)=O. The van der Waals surface area contributed by atoms with Crippen LogP contribution in [-0.4, -0.2) is 70.7 Å². The zero-order chi connectivity index (χ0) is 28.5. The molecule has 0 unspecified atom stereocenters. The van der Waals surface area contributed by atoms with Gasteiger partial charge in [0.1, 0.15) is 36.0 Å². The third-order valence-electron chi connectivity index (χ3n) is 5.55. The summed E-state index contributed by atoms with van der Waals surface area (Å²) >= 11 is 6.62. The third-order valence-corrected chi connectivity index (χ3v) is 7.24. The number of hydrogen-bond acceptors (Lipinski definition) is 12. The van der Waals surface area contributed by atoms with Crippen molar-refractivity contribution in [3.8, 4) is 11.5 Å². The van der Waals surface area contributed by atoms with Crippen LogP contribution in [0.1, 0.15) is 32.6 Å². The van der Waals surface area contributed by atoms with E-state index >= 15 is 0 Å². The van der Waals surface area contributed by atoms with Gasteiger partial charge in [0.05, 0.1) is 4.90 Å². The predicted octanol–water partition coefficient (Wildman–Crippen LogP) is 1.86. The van der Waals surface area contributed by atoms with Gasteiger partial charge in [0, 0.05) is 20.8 Å². The van der Waals surface area contributed by atoms with Crippen molar-refractivity contribution in [1.29, 1.82) is 0 Å². The standard InChI is InChI=1S/C23H24ClN5O9S/c1-11-5-7-15(8-6-11)39(33,34)38-18-16(9-35-13(3)31)37-22(19(18)36-14(4)32)29-20(24)17-21(26-10-25-17)28-23(29)27-12(2)30/h5-8,10,16,18-19,22H,9H2,1-4H3,(H,25,26,27,28,30)/t16-,18+,19-,22-/m1/s1. The minimum Gasteiger partial charge on any atom is -0.463 e. The zero-order valence-corrected chi connectivity index (χ0v) is 22.7. The van der Waals surface area contributed by atoms with Gasteiger partial charge >= 0.3 is 11.9 Å². The lowest BCUT2D eigenvalue weighted by molar-refractivity contribution is -0.155. The van der Waals surface area contributed by atoms with Crippen molar-refractivity contribution in [3.05, 3.63) is 41.3 Å². The lowest BCUT2D eigenvalue weighted by Gasteiger charge is -2.27. The van der Waals surface area contributed by atoms with Gasteiger partial charge < -0.3 is 14.2 Å². The van der Waals surface area contributed by atoms with E-state index in [-0.39, 0.29) is 27.5 Å². The molecule has 1 N–H and O–H groups in total. The Hall–Kier alpha value is -3.66. The first kappa shape index (κ1) is 28.4. The molecule has 0 saturated carbocycles. The summed E-state index contributed by atoms with van der Waals surface area (Å²) in [6.45, 7) is 4.81. The Bertz CT molecular complexity index is 1480. The molecule has 3 heterocycles. The maximum atomic E-state index is 13.2. The van der Waals surface area contributed by atoms with E-state index in [1.54, 1.807) is 19.1 Å². The highest BCUT2D eigenvalue weighted by Gasteiger charge is 2.52. The Morgan fingerprint density at radius 1 is 1.08 bits per heavy atom. The molecule has 208 valence electrons. The molecule has 14 nitrogen and oxygen atoms in total. The Morgan fingerprint density at radius 2 is 1.77 bits per heavy atom. The molecule has 3 aliphatic heterocycles. The molecule has 1 amide bonds. The molecule has 0 bridgehead atoms. The largest absolute Gasteiger partial charge is 0.463 e. The fourth-order valence-corrected chi connectivity index (χ4v) is 5.33. The maximum absolute atomic E-state index is 13.2. The smallest absolute Gasteiger partial charge is 0.303 e. The van der Waals surface area contributed by atoms with Crippen molar-refractivity contribution in [2.24, 2.45) is 0 Å². The van der Waals surface area contributed by atoms with Crippen LogP contribution < -0.4 is 5.32 Å². The average Bonchev–Trinajstić information content (AvgIpc) is 3.43. The summed E-state index contributed by atoms with van der Waals surface area (Å²) in [6, 6.07) is 5.88. The first-order valence-corrected chi connectivity index (χ1v) is 13.3. The predicted molar refractivity (Wildman–Crippen MR) is 133 cm³/mol. The molecule has 4 atom stereocenters. The number of amides is 1. The molecule has 3 aliphatic rings. The molecular formula is C23H24ClN5O9S. The van der Waals surface area contributed by atoms with Gasteiger partial charge in [-0.3, -0.25) is 28.5 Å². The summed E-state index contributed by atoms with van der Waals surface area (Å²) in [4.78, 5) is 47.9. The fraction of sp³-hybridized carbons (Fsp3) is 0.391. The fourth-order valence-electron chi connectivity index (χ4n) is 3.92. The molecule has 1 aromatic carbocycles. The molecule has 1 aromatic rings. The van der Waals surface area contributed by atoms with Crippen LogP contribution >= 0.6 is 11.6 Å². The van der Waals surface area contributed by atoms with Crippen LogP contribution in [0.3, 0.4) is 0 Å². The Labute approximate surface area is 228 Å². The van der Waals surface area contributed by atoms with Gasteiger partial charge in [-0.2, -0.15) is 13.4 Å². The number of benzene rings is 1. The summed E-state index contributed by atoms with van der Waals surface area (Å²) in [5, 5.41) is 2.39. The lowest BCUT2D eigenvalue weighted by Crippen LogP contribution is -2.41. The van der Waals surface area contributed by atoms with Gasteiger partial charge in [-0.15, -0.1) is 0 Å². The lowest BCUT2D eigenvalue weighted by atomic mass is 10.1. The minimum absolute atomic E-state index is 0.105. The van der Waals surface area contributed by atoms with Crippen LogP contribution in [-0.2, 0) is 42.9 Å². The van der Waals surface area contributed by atoms with Crippen molar-refractivity contribution in [2.75, 3.05) is 11.9 Å². The van der Waals surface area contributed by atoms with Crippen LogP contribution in [0.5, 0.6) is 0 Å². The van der Waals surface area contributed by atoms with E-state index in [9.17, 15) is 22.8 Å². The van der Waals surface area contributed by atoms with Gasteiger partial charge in [-0.05, 0) is 19.1 Å². The Kier molecular flexibility index (Phi) is 8.15. The van der Waals surface area contributed by atoms with E-state index in [1.165, 1.54) is 25.4 Å². The monoisotopic (exact) mass is 581 g/mol. The van der Waals surface area contributed by atoms with Crippen molar-refractivity contribution in [1.82, 2.24) is 19.5 Å². The summed E-state index contributed by atoms with van der Waals surface area (Å²) < 4.78 is 49.8. The summed E-state index contributed by atoms with van der Waals surface area (Å²) in [6.07, 6.45) is -4.46. The van der Waals surface area contributed by atoms with Gasteiger partial charge in [-0.25, -0.2) is 9.97 Å². The van der Waals surface area contributed by atoms with Gasteiger partial charge in [0.25, 0.3) is 10.1 Å². The highest BCUT2D eigenvalue weighted by molar-refractivity contribution is 7.86. The van der Waals surface area contributed by atoms with Gasteiger partial charge in [0.15, 0.2) is 18.2 Å². The zero-order valence-electron chi connectivity index (χ0n) is 21.2. The number of carbonyl (C=O) groups excluding carboxylic acids is 3. The number of ether oxygens (including phenoxy) is 3. The number of fused-ring (bicyclic) bond motifs is 1. The number of rotatable bonds is 8. The van der Waals surface area contributed by atoms with Crippen LogP contribution in [0.15, 0.2) is 35.5 Å². The second-order valence-corrected chi connectivity index (χ2v) is 10.5. The van der Waals surface area contributed by atoms with Crippen LogP contribution in [0.2, 0.25) is 5.15 Å². The van der Waals surface area contributed by atoms with E-state index in [1.807, 2.05) is 0 Å². The Morgan fingerprint density at radius 3 is 2.38 bits per heavy atom. The first-order valence-electron chi connectivity index (χ1n) is 11.5. The van der Waals surface area contributed by atoms with E-state index in [4.69, 9.17) is 30.0 Å². The number of carbonyl (C=O) groups is 3. The molecule has 0 aromatic heterocycles. The number of esters is 2. The number of aromatic nitrogens is 4. The molecule has 4 rings (SSSR count). The van der Waals surface area contributed by atoms with E-state index in [2.05, 4.69) is 20.3 Å². The molecule has 0 aliphatic carbocycles. The molecule has 0 radical (unpaired) electrons. The molecule has 1 fully saturated rings. The van der Waals surface area contributed by atoms with E-state index in [0.717, 1.165) is 24.0 Å². The number of anilines is 1. The Balaban J connectivity index is 1.84. The molecule has 1 saturated heterocycles.